The molecule has 1 amide bonds. The molecule has 10 nitrogen and oxygen atoms in total. The summed E-state index contributed by atoms with van der Waals surface area (Å²) in [4.78, 5) is 20.4. The van der Waals surface area contributed by atoms with Crippen molar-refractivity contribution >= 4 is 17.4 Å². The molecule has 0 aliphatic rings. The van der Waals surface area contributed by atoms with Crippen LogP contribution in [0, 0.1) is 18.8 Å². The number of nitrogen functional groups attached to an aromatic ring is 1. The SMILES string of the molecule is Cc1oncc1C(=O)NCC#Cc1cn2nc(-c3ccco3)nc2c(N)n1. The topological polar surface area (TPSA) is 137 Å². The minimum atomic E-state index is -0.314. The Balaban J connectivity index is 1.50. The van der Waals surface area contributed by atoms with Crippen LogP contribution in [-0.4, -0.2) is 37.2 Å². The molecule has 3 N–H and O–H groups in total. The summed E-state index contributed by atoms with van der Waals surface area (Å²) in [7, 11) is 0. The van der Waals surface area contributed by atoms with E-state index in [1.807, 2.05) is 0 Å². The van der Waals surface area contributed by atoms with Crippen LogP contribution >= 0.6 is 0 Å². The number of nitrogens with zero attached hydrogens (tertiary/aromatic N) is 5. The molecule has 0 radical (unpaired) electrons. The van der Waals surface area contributed by atoms with Gasteiger partial charge in [-0.1, -0.05) is 11.1 Å². The molecule has 0 aromatic carbocycles. The predicted molar refractivity (Wildman–Crippen MR) is 93.3 cm³/mol. The first-order valence-corrected chi connectivity index (χ1v) is 7.87. The van der Waals surface area contributed by atoms with Gasteiger partial charge < -0.3 is 20.0 Å². The van der Waals surface area contributed by atoms with E-state index in [0.29, 0.717) is 34.2 Å². The maximum atomic E-state index is 11.9. The van der Waals surface area contributed by atoms with Gasteiger partial charge in [0.25, 0.3) is 5.91 Å². The molecule has 0 spiro atoms. The molecule has 0 atom stereocenters. The van der Waals surface area contributed by atoms with Crippen molar-refractivity contribution in [2.24, 2.45) is 0 Å². The summed E-state index contributed by atoms with van der Waals surface area (Å²) >= 11 is 0. The van der Waals surface area contributed by atoms with Crippen molar-refractivity contribution in [1.29, 1.82) is 0 Å². The number of furan rings is 1. The van der Waals surface area contributed by atoms with Crippen molar-refractivity contribution in [3.63, 3.8) is 0 Å². The van der Waals surface area contributed by atoms with Crippen LogP contribution in [0.4, 0.5) is 5.82 Å². The molecule has 0 unspecified atom stereocenters. The monoisotopic (exact) mass is 363 g/mol. The Kier molecular flexibility index (Phi) is 4.02. The molecule has 4 aromatic heterocycles. The first-order chi connectivity index (χ1) is 13.1. The number of nitrogens with one attached hydrogen (secondary N) is 1. The van der Waals surface area contributed by atoms with Gasteiger partial charge in [0.05, 0.1) is 25.2 Å². The van der Waals surface area contributed by atoms with E-state index in [4.69, 9.17) is 14.7 Å². The number of hydrogen-bond acceptors (Lipinski definition) is 8. The summed E-state index contributed by atoms with van der Waals surface area (Å²) in [5.41, 5.74) is 7.11. The predicted octanol–water partition coefficient (Wildman–Crippen LogP) is 1.04. The summed E-state index contributed by atoms with van der Waals surface area (Å²) in [5, 5.41) is 10.5. The molecule has 134 valence electrons. The van der Waals surface area contributed by atoms with E-state index >= 15 is 0 Å². The quantitative estimate of drug-likeness (QED) is 0.515. The van der Waals surface area contributed by atoms with Gasteiger partial charge in [-0.05, 0) is 25.0 Å². The number of carbonyl (C=O) groups is 1. The number of fused-ring (bicyclic) bond motifs is 1. The lowest BCUT2D eigenvalue weighted by atomic mass is 10.2. The lowest BCUT2D eigenvalue weighted by molar-refractivity contribution is 0.0957. The van der Waals surface area contributed by atoms with E-state index in [2.05, 4.69) is 37.4 Å². The smallest absolute Gasteiger partial charge is 0.257 e. The zero-order valence-corrected chi connectivity index (χ0v) is 14.1. The van der Waals surface area contributed by atoms with Crippen molar-refractivity contribution < 1.29 is 13.7 Å². The summed E-state index contributed by atoms with van der Waals surface area (Å²) in [6.45, 7) is 1.78. The maximum absolute atomic E-state index is 11.9. The van der Waals surface area contributed by atoms with Crippen LogP contribution < -0.4 is 11.1 Å². The van der Waals surface area contributed by atoms with E-state index in [1.165, 1.54) is 17.0 Å². The number of anilines is 1. The highest BCUT2D eigenvalue weighted by atomic mass is 16.5. The lowest BCUT2D eigenvalue weighted by Gasteiger charge is -1.98. The van der Waals surface area contributed by atoms with Crippen LogP contribution in [0.3, 0.4) is 0 Å². The molecule has 10 heteroatoms. The molecule has 4 heterocycles. The fourth-order valence-electron chi connectivity index (χ4n) is 2.35. The number of rotatable bonds is 3. The standard InChI is InChI=1S/C17H13N7O3/c1-10-12(8-20-27-10)17(25)19-6-2-4-11-9-24-16(14(18)21-11)22-15(23-24)13-5-3-7-26-13/h3,5,7-9H,6H2,1H3,(H2,18,21)(H,19,25). The summed E-state index contributed by atoms with van der Waals surface area (Å²) in [6, 6.07) is 3.49. The minimum absolute atomic E-state index is 0.123. The zero-order chi connectivity index (χ0) is 18.8. The number of aromatic nitrogens is 5. The second kappa shape index (κ2) is 6.64. The molecule has 4 aromatic rings. The summed E-state index contributed by atoms with van der Waals surface area (Å²) in [6.07, 6.45) is 4.49. The second-order valence-electron chi connectivity index (χ2n) is 5.47. The Morgan fingerprint density at radius 3 is 3.04 bits per heavy atom. The molecule has 0 aliphatic heterocycles. The van der Waals surface area contributed by atoms with Crippen LogP contribution in [0.5, 0.6) is 0 Å². The van der Waals surface area contributed by atoms with Crippen LogP contribution in [0.25, 0.3) is 17.2 Å². The molecule has 0 aliphatic carbocycles. The Bertz CT molecular complexity index is 1180. The molecule has 0 saturated carbocycles. The van der Waals surface area contributed by atoms with Crippen LogP contribution in [0.15, 0.2) is 39.7 Å². The van der Waals surface area contributed by atoms with Gasteiger partial charge in [0.15, 0.2) is 17.2 Å². The molecular weight excluding hydrogens is 350 g/mol. The maximum Gasteiger partial charge on any atom is 0.257 e. The average Bonchev–Trinajstić information content (AvgIpc) is 3.38. The van der Waals surface area contributed by atoms with Crippen molar-refractivity contribution in [1.82, 2.24) is 30.1 Å². The number of nitrogens with two attached hydrogens (primary N) is 1. The van der Waals surface area contributed by atoms with Gasteiger partial charge in [0, 0.05) is 0 Å². The number of carbonyl (C=O) groups excluding carboxylic acids is 1. The third-order valence-electron chi connectivity index (χ3n) is 3.64. The lowest BCUT2D eigenvalue weighted by Crippen LogP contribution is -2.23. The molecule has 0 saturated heterocycles. The van der Waals surface area contributed by atoms with Gasteiger partial charge >= 0.3 is 0 Å². The fraction of sp³-hybridized carbons (Fsp3) is 0.118. The van der Waals surface area contributed by atoms with Gasteiger partial charge in [-0.25, -0.2) is 14.5 Å². The highest BCUT2D eigenvalue weighted by Gasteiger charge is 2.13. The molecule has 0 fully saturated rings. The molecule has 27 heavy (non-hydrogen) atoms. The Morgan fingerprint density at radius 1 is 1.41 bits per heavy atom. The van der Waals surface area contributed by atoms with Crippen molar-refractivity contribution in [3.05, 3.63) is 47.8 Å². The van der Waals surface area contributed by atoms with Crippen LogP contribution in [-0.2, 0) is 0 Å². The first-order valence-electron chi connectivity index (χ1n) is 7.87. The fourth-order valence-corrected chi connectivity index (χ4v) is 2.35. The molecular formula is C17H13N7O3. The van der Waals surface area contributed by atoms with Gasteiger partial charge in [-0.2, -0.15) is 0 Å². The first kappa shape index (κ1) is 16.3. The normalized spacial score (nSPS) is 10.6. The van der Waals surface area contributed by atoms with E-state index in [-0.39, 0.29) is 18.3 Å². The Labute approximate surface area is 152 Å². The van der Waals surface area contributed by atoms with Crippen molar-refractivity contribution in [2.75, 3.05) is 12.3 Å². The van der Waals surface area contributed by atoms with E-state index in [0.717, 1.165) is 0 Å². The van der Waals surface area contributed by atoms with Crippen molar-refractivity contribution in [3.8, 4) is 23.4 Å². The second-order valence-corrected chi connectivity index (χ2v) is 5.47. The molecule has 4 rings (SSSR count). The summed E-state index contributed by atoms with van der Waals surface area (Å²) < 4.78 is 11.6. The number of aryl methyl sites for hydroxylation is 1. The van der Waals surface area contributed by atoms with Crippen LogP contribution in [0.2, 0.25) is 0 Å². The zero-order valence-electron chi connectivity index (χ0n) is 14.1. The minimum Gasteiger partial charge on any atom is -0.461 e. The highest BCUT2D eigenvalue weighted by Crippen LogP contribution is 2.18. The van der Waals surface area contributed by atoms with E-state index < -0.39 is 0 Å². The van der Waals surface area contributed by atoms with Crippen LogP contribution in [0.1, 0.15) is 21.8 Å². The average molecular weight is 363 g/mol. The van der Waals surface area contributed by atoms with Gasteiger partial charge in [0.2, 0.25) is 5.82 Å². The largest absolute Gasteiger partial charge is 0.461 e. The number of amides is 1. The van der Waals surface area contributed by atoms with E-state index in [9.17, 15) is 4.79 Å². The van der Waals surface area contributed by atoms with E-state index in [1.54, 1.807) is 25.3 Å². The Hall–Kier alpha value is -4.13. The van der Waals surface area contributed by atoms with Crippen molar-refractivity contribution in [2.45, 2.75) is 6.92 Å². The summed E-state index contributed by atoms with van der Waals surface area (Å²) in [5.74, 6) is 6.88. The van der Waals surface area contributed by atoms with Gasteiger partial charge in [0.1, 0.15) is 17.0 Å². The Morgan fingerprint density at radius 2 is 2.30 bits per heavy atom. The molecule has 0 bridgehead atoms. The third-order valence-corrected chi connectivity index (χ3v) is 3.64. The number of hydrogen-bond donors (Lipinski definition) is 2. The van der Waals surface area contributed by atoms with Gasteiger partial charge in [-0.3, -0.25) is 4.79 Å². The third kappa shape index (κ3) is 3.21. The van der Waals surface area contributed by atoms with Gasteiger partial charge in [-0.15, -0.1) is 5.10 Å². The highest BCUT2D eigenvalue weighted by molar-refractivity contribution is 5.94.